The first kappa shape index (κ1) is 19.7. The van der Waals surface area contributed by atoms with E-state index in [0.717, 1.165) is 11.9 Å². The second kappa shape index (κ2) is 7.78. The molecule has 0 spiro atoms. The molecule has 0 radical (unpaired) electrons. The van der Waals surface area contributed by atoms with Crippen molar-refractivity contribution < 1.29 is 20.1 Å². The monoisotopic (exact) mass is 425 g/mol. The molecule has 2 unspecified atom stereocenters. The van der Waals surface area contributed by atoms with Gasteiger partial charge in [-0.1, -0.05) is 18.2 Å². The number of nitrogens with two attached hydrogens (primary N) is 1. The highest BCUT2D eigenvalue weighted by Gasteiger charge is 2.44. The van der Waals surface area contributed by atoms with Crippen LogP contribution in [0.25, 0.3) is 22.1 Å². The Balaban J connectivity index is 1.37. The molecule has 1 saturated heterocycles. The van der Waals surface area contributed by atoms with E-state index in [0.29, 0.717) is 23.7 Å². The van der Waals surface area contributed by atoms with Crippen LogP contribution in [0.3, 0.4) is 0 Å². The van der Waals surface area contributed by atoms with Crippen LogP contribution in [-0.4, -0.2) is 71.3 Å². The molecule has 4 aromatic rings. The Kier molecular flexibility index (Phi) is 4.94. The fraction of sp³-hybridized carbons (Fsp3) is 0.350. The lowest BCUT2D eigenvalue weighted by molar-refractivity contribution is -0.0511. The number of aromatic amines is 1. The van der Waals surface area contributed by atoms with Gasteiger partial charge in [-0.05, 0) is 18.1 Å². The summed E-state index contributed by atoms with van der Waals surface area (Å²) >= 11 is 0. The standard InChI is InChI=1S/C20H23N7O4/c21-17-14-18(27(9-24-14)19-16(30)15(29)13(8-28)31-19)26-20(25-17)22-6-5-10-7-23-12-4-2-1-3-11(10)12/h1-4,7,9,13,15-16,19,23,28-30H,5-6,8H2,(H3,21,22,25,26)/t13-,15?,16?,19-/m1/s1. The summed E-state index contributed by atoms with van der Waals surface area (Å²) in [6.07, 6.45) is -0.160. The molecule has 1 fully saturated rings. The van der Waals surface area contributed by atoms with Gasteiger partial charge in [-0.2, -0.15) is 9.97 Å². The average molecular weight is 425 g/mol. The zero-order valence-electron chi connectivity index (χ0n) is 16.5. The van der Waals surface area contributed by atoms with Crippen LogP contribution < -0.4 is 11.1 Å². The molecule has 4 heterocycles. The van der Waals surface area contributed by atoms with E-state index in [1.807, 2.05) is 24.4 Å². The third-order valence-electron chi connectivity index (χ3n) is 5.59. The topological polar surface area (TPSA) is 167 Å². The number of aromatic nitrogens is 5. The van der Waals surface area contributed by atoms with Crippen molar-refractivity contribution in [3.63, 3.8) is 0 Å². The van der Waals surface area contributed by atoms with E-state index in [1.165, 1.54) is 21.8 Å². The van der Waals surface area contributed by atoms with Crippen molar-refractivity contribution in [2.45, 2.75) is 31.0 Å². The number of fused-ring (bicyclic) bond motifs is 2. The Morgan fingerprint density at radius 2 is 2.03 bits per heavy atom. The quantitative estimate of drug-likeness (QED) is 0.252. The first-order valence-corrected chi connectivity index (χ1v) is 9.98. The molecule has 1 aliphatic rings. The van der Waals surface area contributed by atoms with Crippen LogP contribution in [0.4, 0.5) is 11.8 Å². The van der Waals surface area contributed by atoms with Gasteiger partial charge in [0.2, 0.25) is 5.95 Å². The Bertz CT molecular complexity index is 1220. The molecule has 5 rings (SSSR count). The van der Waals surface area contributed by atoms with Gasteiger partial charge in [0.1, 0.15) is 23.8 Å². The average Bonchev–Trinajstić information content (AvgIpc) is 3.45. The van der Waals surface area contributed by atoms with Gasteiger partial charge in [0.25, 0.3) is 0 Å². The largest absolute Gasteiger partial charge is 0.394 e. The van der Waals surface area contributed by atoms with Gasteiger partial charge in [0, 0.05) is 23.6 Å². The minimum absolute atomic E-state index is 0.185. The first-order chi connectivity index (χ1) is 15.1. The molecule has 7 N–H and O–H groups in total. The molecular weight excluding hydrogens is 402 g/mol. The minimum atomic E-state index is -1.25. The molecule has 4 atom stereocenters. The van der Waals surface area contributed by atoms with Crippen LogP contribution >= 0.6 is 0 Å². The van der Waals surface area contributed by atoms with Crippen LogP contribution in [0.1, 0.15) is 11.8 Å². The van der Waals surface area contributed by atoms with E-state index in [2.05, 4.69) is 31.3 Å². The number of aliphatic hydroxyl groups excluding tert-OH is 3. The second-order valence-corrected chi connectivity index (χ2v) is 7.52. The molecule has 31 heavy (non-hydrogen) atoms. The van der Waals surface area contributed by atoms with Crippen LogP contribution in [0.15, 0.2) is 36.8 Å². The lowest BCUT2D eigenvalue weighted by Gasteiger charge is -2.16. The van der Waals surface area contributed by atoms with Gasteiger partial charge < -0.3 is 36.1 Å². The second-order valence-electron chi connectivity index (χ2n) is 7.52. The molecule has 11 heteroatoms. The van der Waals surface area contributed by atoms with Gasteiger partial charge in [-0.3, -0.25) is 4.57 Å². The molecular formula is C20H23N7O4. The number of ether oxygens (including phenoxy) is 1. The molecule has 1 aromatic carbocycles. The molecule has 162 valence electrons. The van der Waals surface area contributed by atoms with E-state index in [-0.39, 0.29) is 5.82 Å². The molecule has 1 aliphatic heterocycles. The fourth-order valence-electron chi connectivity index (χ4n) is 3.96. The van der Waals surface area contributed by atoms with Gasteiger partial charge in [-0.25, -0.2) is 4.98 Å². The Hall–Kier alpha value is -3.25. The Labute approximate surface area is 176 Å². The first-order valence-electron chi connectivity index (χ1n) is 9.98. The minimum Gasteiger partial charge on any atom is -0.394 e. The highest BCUT2D eigenvalue weighted by atomic mass is 16.6. The number of nitrogens with zero attached hydrogens (tertiary/aromatic N) is 4. The number of hydrogen-bond donors (Lipinski definition) is 6. The summed E-state index contributed by atoms with van der Waals surface area (Å²) in [4.78, 5) is 16.2. The lowest BCUT2D eigenvalue weighted by atomic mass is 10.1. The predicted molar refractivity (Wildman–Crippen MR) is 113 cm³/mol. The number of hydrogen-bond acceptors (Lipinski definition) is 9. The lowest BCUT2D eigenvalue weighted by Crippen LogP contribution is -2.33. The van der Waals surface area contributed by atoms with Crippen LogP contribution in [0.5, 0.6) is 0 Å². The number of imidazole rings is 1. The maximum absolute atomic E-state index is 10.3. The zero-order chi connectivity index (χ0) is 21.5. The molecule has 0 saturated carbocycles. The zero-order valence-corrected chi connectivity index (χ0v) is 16.5. The van der Waals surface area contributed by atoms with Crippen molar-refractivity contribution in [2.24, 2.45) is 0 Å². The molecule has 3 aromatic heterocycles. The van der Waals surface area contributed by atoms with Gasteiger partial charge in [-0.15, -0.1) is 0 Å². The van der Waals surface area contributed by atoms with Gasteiger partial charge >= 0.3 is 0 Å². The summed E-state index contributed by atoms with van der Waals surface area (Å²) in [6, 6.07) is 8.09. The van der Waals surface area contributed by atoms with E-state index in [4.69, 9.17) is 10.5 Å². The van der Waals surface area contributed by atoms with Crippen molar-refractivity contribution in [2.75, 3.05) is 24.2 Å². The number of anilines is 2. The number of benzene rings is 1. The number of rotatable bonds is 6. The summed E-state index contributed by atoms with van der Waals surface area (Å²) in [5, 5.41) is 34.1. The fourth-order valence-corrected chi connectivity index (χ4v) is 3.96. The number of nitrogens with one attached hydrogen (secondary N) is 2. The summed E-state index contributed by atoms with van der Waals surface area (Å²) in [7, 11) is 0. The third-order valence-corrected chi connectivity index (χ3v) is 5.59. The third kappa shape index (κ3) is 3.37. The van der Waals surface area contributed by atoms with Gasteiger partial charge in [0.15, 0.2) is 17.7 Å². The normalized spacial score (nSPS) is 23.7. The van der Waals surface area contributed by atoms with E-state index >= 15 is 0 Å². The van der Waals surface area contributed by atoms with Crippen LogP contribution in [-0.2, 0) is 11.2 Å². The Morgan fingerprint density at radius 3 is 2.84 bits per heavy atom. The van der Waals surface area contributed by atoms with E-state index in [1.54, 1.807) is 0 Å². The maximum Gasteiger partial charge on any atom is 0.226 e. The van der Waals surface area contributed by atoms with Crippen molar-refractivity contribution >= 4 is 33.8 Å². The highest BCUT2D eigenvalue weighted by Crippen LogP contribution is 2.32. The number of para-hydroxylation sites is 1. The Morgan fingerprint density at radius 1 is 1.19 bits per heavy atom. The molecule has 0 amide bonds. The molecule has 0 bridgehead atoms. The summed E-state index contributed by atoms with van der Waals surface area (Å²) in [6.45, 7) is 0.161. The van der Waals surface area contributed by atoms with Crippen LogP contribution in [0.2, 0.25) is 0 Å². The predicted octanol–water partition coefficient (Wildman–Crippen LogP) is 0.156. The van der Waals surface area contributed by atoms with Crippen molar-refractivity contribution in [1.29, 1.82) is 0 Å². The molecule has 11 nitrogen and oxygen atoms in total. The summed E-state index contributed by atoms with van der Waals surface area (Å²) < 4.78 is 7.07. The van der Waals surface area contributed by atoms with Crippen molar-refractivity contribution in [1.82, 2.24) is 24.5 Å². The SMILES string of the molecule is Nc1nc(NCCc2c[nH]c3ccccc23)nc2c1ncn2[C@@H]1O[C@H](CO)C(O)C1O. The van der Waals surface area contributed by atoms with Gasteiger partial charge in [0.05, 0.1) is 12.9 Å². The summed E-state index contributed by atoms with van der Waals surface area (Å²) in [5.74, 6) is 0.503. The molecule has 0 aliphatic carbocycles. The number of nitrogen functional groups attached to an aromatic ring is 1. The van der Waals surface area contributed by atoms with Crippen LogP contribution in [0, 0.1) is 0 Å². The number of aliphatic hydroxyl groups is 3. The highest BCUT2D eigenvalue weighted by molar-refractivity contribution is 5.84. The number of H-pyrrole nitrogens is 1. The smallest absolute Gasteiger partial charge is 0.226 e. The van der Waals surface area contributed by atoms with E-state index in [9.17, 15) is 15.3 Å². The maximum atomic E-state index is 10.3. The van der Waals surface area contributed by atoms with Crippen molar-refractivity contribution in [3.8, 4) is 0 Å². The van der Waals surface area contributed by atoms with Crippen molar-refractivity contribution in [3.05, 3.63) is 42.4 Å². The van der Waals surface area contributed by atoms with E-state index < -0.39 is 31.1 Å². The summed E-state index contributed by atoms with van der Waals surface area (Å²) in [5.41, 5.74) is 9.04.